The standard InChI is InChI=1S/C19H18Br2N4O4/c1-11-4-13(9-27-2)14(7-22)19(24-11)29-10-17(26)25-23-8-12-5-15(20)18(28-3)16(21)6-12/h4-6,8H,9-10H2,1-3H3,(H,25,26)/b23-8-. The minimum Gasteiger partial charge on any atom is -0.494 e. The number of pyridine rings is 1. The van der Waals surface area contributed by atoms with E-state index in [1.54, 1.807) is 32.2 Å². The first kappa shape index (κ1) is 22.8. The molecule has 2 rings (SSSR count). The van der Waals surface area contributed by atoms with Crippen LogP contribution in [0.3, 0.4) is 0 Å². The minimum absolute atomic E-state index is 0.0849. The van der Waals surface area contributed by atoms with Crippen LogP contribution in [0.15, 0.2) is 32.2 Å². The number of nitriles is 1. The molecule has 152 valence electrons. The number of aromatic nitrogens is 1. The number of aryl methyl sites for hydroxylation is 1. The van der Waals surface area contributed by atoms with Crippen LogP contribution in [0.1, 0.15) is 22.4 Å². The molecule has 0 aliphatic rings. The molecule has 1 aromatic carbocycles. The number of ether oxygens (including phenoxy) is 3. The van der Waals surface area contributed by atoms with Gasteiger partial charge in [-0.15, -0.1) is 0 Å². The van der Waals surface area contributed by atoms with Gasteiger partial charge in [-0.3, -0.25) is 4.79 Å². The van der Waals surface area contributed by atoms with E-state index in [9.17, 15) is 10.1 Å². The van der Waals surface area contributed by atoms with Crippen molar-refractivity contribution in [3.05, 3.63) is 49.5 Å². The number of benzene rings is 1. The maximum Gasteiger partial charge on any atom is 0.278 e. The third-order valence-electron chi connectivity index (χ3n) is 3.58. The number of hydrogen-bond acceptors (Lipinski definition) is 7. The minimum atomic E-state index is -0.492. The molecular weight excluding hydrogens is 508 g/mol. The number of methoxy groups -OCH3 is 2. The number of hydrogen-bond donors (Lipinski definition) is 1. The molecule has 1 heterocycles. The van der Waals surface area contributed by atoms with Gasteiger partial charge < -0.3 is 14.2 Å². The van der Waals surface area contributed by atoms with Crippen LogP contribution in [0.25, 0.3) is 0 Å². The third-order valence-corrected chi connectivity index (χ3v) is 4.75. The van der Waals surface area contributed by atoms with Gasteiger partial charge in [0.05, 0.1) is 28.9 Å². The van der Waals surface area contributed by atoms with E-state index < -0.39 is 5.91 Å². The van der Waals surface area contributed by atoms with Crippen LogP contribution in [0.2, 0.25) is 0 Å². The van der Waals surface area contributed by atoms with E-state index in [1.807, 2.05) is 6.07 Å². The second-order valence-corrected chi connectivity index (χ2v) is 7.46. The highest BCUT2D eigenvalue weighted by Crippen LogP contribution is 2.33. The topological polar surface area (TPSA) is 106 Å². The summed E-state index contributed by atoms with van der Waals surface area (Å²) in [5, 5.41) is 13.3. The first-order valence-corrected chi connectivity index (χ1v) is 9.85. The smallest absolute Gasteiger partial charge is 0.278 e. The van der Waals surface area contributed by atoms with Crippen molar-refractivity contribution in [1.82, 2.24) is 10.4 Å². The van der Waals surface area contributed by atoms with Crippen LogP contribution in [-0.2, 0) is 16.1 Å². The van der Waals surface area contributed by atoms with Crippen LogP contribution in [0.4, 0.5) is 0 Å². The van der Waals surface area contributed by atoms with E-state index in [4.69, 9.17) is 14.2 Å². The number of hydrazone groups is 1. The van der Waals surface area contributed by atoms with Crippen molar-refractivity contribution in [2.24, 2.45) is 5.10 Å². The van der Waals surface area contributed by atoms with Gasteiger partial charge in [-0.05, 0) is 62.5 Å². The summed E-state index contributed by atoms with van der Waals surface area (Å²) >= 11 is 6.80. The molecule has 0 radical (unpaired) electrons. The van der Waals surface area contributed by atoms with E-state index in [0.717, 1.165) is 14.5 Å². The van der Waals surface area contributed by atoms with Crippen LogP contribution in [-0.4, -0.2) is 37.9 Å². The Labute approximate surface area is 185 Å². The Morgan fingerprint density at radius 3 is 2.59 bits per heavy atom. The Morgan fingerprint density at radius 1 is 1.31 bits per heavy atom. The van der Waals surface area contributed by atoms with Crippen molar-refractivity contribution >= 4 is 44.0 Å². The zero-order chi connectivity index (χ0) is 21.4. The van der Waals surface area contributed by atoms with Crippen molar-refractivity contribution < 1.29 is 19.0 Å². The molecule has 0 saturated carbocycles. The van der Waals surface area contributed by atoms with Crippen molar-refractivity contribution in [2.75, 3.05) is 20.8 Å². The molecule has 0 bridgehead atoms. The molecule has 0 fully saturated rings. The van der Waals surface area contributed by atoms with Gasteiger partial charge in [0.1, 0.15) is 17.4 Å². The van der Waals surface area contributed by atoms with E-state index >= 15 is 0 Å². The molecule has 0 unspecified atom stereocenters. The molecule has 0 aliphatic carbocycles. The highest BCUT2D eigenvalue weighted by atomic mass is 79.9. The first-order valence-electron chi connectivity index (χ1n) is 8.26. The molecule has 0 atom stereocenters. The zero-order valence-corrected chi connectivity index (χ0v) is 19.1. The van der Waals surface area contributed by atoms with Gasteiger partial charge in [-0.25, -0.2) is 10.4 Å². The number of carbonyl (C=O) groups excluding carboxylic acids is 1. The van der Waals surface area contributed by atoms with Crippen LogP contribution >= 0.6 is 31.9 Å². The normalized spacial score (nSPS) is 10.6. The molecular formula is C19H18Br2N4O4. The zero-order valence-electron chi connectivity index (χ0n) is 16.0. The summed E-state index contributed by atoms with van der Waals surface area (Å²) in [6.07, 6.45) is 1.48. The monoisotopic (exact) mass is 524 g/mol. The molecule has 1 aromatic heterocycles. The number of rotatable bonds is 8. The largest absolute Gasteiger partial charge is 0.494 e. The predicted octanol–water partition coefficient (Wildman–Crippen LogP) is 3.47. The number of amides is 1. The van der Waals surface area contributed by atoms with Crippen LogP contribution in [0.5, 0.6) is 11.6 Å². The molecule has 0 aliphatic heterocycles. The maximum absolute atomic E-state index is 12.0. The van der Waals surface area contributed by atoms with Gasteiger partial charge in [-0.1, -0.05) is 0 Å². The predicted molar refractivity (Wildman–Crippen MR) is 114 cm³/mol. The third kappa shape index (κ3) is 6.25. The molecule has 2 aromatic rings. The molecule has 1 amide bonds. The Bertz CT molecular complexity index is 950. The Kier molecular flexibility index (Phi) is 8.57. The van der Waals surface area contributed by atoms with Gasteiger partial charge in [0, 0.05) is 18.4 Å². The summed E-state index contributed by atoms with van der Waals surface area (Å²) in [6, 6.07) is 7.37. The average Bonchev–Trinajstić information content (AvgIpc) is 2.66. The van der Waals surface area contributed by atoms with Crippen LogP contribution < -0.4 is 14.9 Å². The lowest BCUT2D eigenvalue weighted by atomic mass is 10.1. The quantitative estimate of drug-likeness (QED) is 0.418. The number of nitrogens with one attached hydrogen (secondary N) is 1. The lowest BCUT2D eigenvalue weighted by Gasteiger charge is -2.10. The summed E-state index contributed by atoms with van der Waals surface area (Å²) in [5.41, 5.74) is 4.64. The van der Waals surface area contributed by atoms with Gasteiger partial charge in [0.15, 0.2) is 6.61 Å². The summed E-state index contributed by atoms with van der Waals surface area (Å²) in [6.45, 7) is 1.67. The fourth-order valence-electron chi connectivity index (χ4n) is 2.40. The second kappa shape index (κ2) is 10.9. The number of halogens is 2. The molecule has 0 spiro atoms. The van der Waals surface area contributed by atoms with E-state index in [1.165, 1.54) is 13.3 Å². The molecule has 0 saturated heterocycles. The summed E-state index contributed by atoms with van der Waals surface area (Å²) in [5.74, 6) is 0.251. The van der Waals surface area contributed by atoms with Gasteiger partial charge in [-0.2, -0.15) is 10.4 Å². The molecule has 8 nitrogen and oxygen atoms in total. The van der Waals surface area contributed by atoms with E-state index in [-0.39, 0.29) is 24.7 Å². The first-order chi connectivity index (χ1) is 13.9. The molecule has 1 N–H and O–H groups in total. The highest BCUT2D eigenvalue weighted by Gasteiger charge is 2.14. The van der Waals surface area contributed by atoms with Gasteiger partial charge in [0.2, 0.25) is 5.88 Å². The Balaban J connectivity index is 2.01. The molecule has 10 heteroatoms. The maximum atomic E-state index is 12.0. The Morgan fingerprint density at radius 2 is 2.00 bits per heavy atom. The van der Waals surface area contributed by atoms with Gasteiger partial charge >= 0.3 is 0 Å². The fourth-order valence-corrected chi connectivity index (χ4v) is 3.94. The van der Waals surface area contributed by atoms with Crippen LogP contribution in [0, 0.1) is 18.3 Å². The van der Waals surface area contributed by atoms with E-state index in [0.29, 0.717) is 17.0 Å². The highest BCUT2D eigenvalue weighted by molar-refractivity contribution is 9.11. The number of nitrogens with zero attached hydrogens (tertiary/aromatic N) is 3. The van der Waals surface area contributed by atoms with Crippen molar-refractivity contribution in [3.8, 4) is 17.7 Å². The SMILES string of the molecule is COCc1cc(C)nc(OCC(=O)N/N=C\c2cc(Br)c(OC)c(Br)c2)c1C#N. The Hall–Kier alpha value is -2.48. The number of carbonyl (C=O) groups is 1. The summed E-state index contributed by atoms with van der Waals surface area (Å²) in [7, 11) is 3.10. The van der Waals surface area contributed by atoms with Crippen molar-refractivity contribution in [3.63, 3.8) is 0 Å². The summed E-state index contributed by atoms with van der Waals surface area (Å²) < 4.78 is 17.2. The van der Waals surface area contributed by atoms with Crippen molar-refractivity contribution in [2.45, 2.75) is 13.5 Å². The second-order valence-electron chi connectivity index (χ2n) is 5.75. The van der Waals surface area contributed by atoms with E-state index in [2.05, 4.69) is 47.4 Å². The average molecular weight is 526 g/mol. The van der Waals surface area contributed by atoms with Gasteiger partial charge in [0.25, 0.3) is 5.91 Å². The fraction of sp³-hybridized carbons (Fsp3) is 0.263. The lowest BCUT2D eigenvalue weighted by Crippen LogP contribution is -2.25. The molecule has 29 heavy (non-hydrogen) atoms. The van der Waals surface area contributed by atoms with Crippen molar-refractivity contribution in [1.29, 1.82) is 5.26 Å². The summed E-state index contributed by atoms with van der Waals surface area (Å²) in [4.78, 5) is 16.2. The lowest BCUT2D eigenvalue weighted by molar-refractivity contribution is -0.123.